The minimum Gasteiger partial charge on any atom is -0.481 e. The summed E-state index contributed by atoms with van der Waals surface area (Å²) in [7, 11) is 0. The first-order chi connectivity index (χ1) is 42.4. The van der Waals surface area contributed by atoms with Gasteiger partial charge in [-0.25, -0.2) is 4.79 Å². The summed E-state index contributed by atoms with van der Waals surface area (Å²) in [6, 6.07) is -6.14. The van der Waals surface area contributed by atoms with Crippen LogP contribution in [0.15, 0.2) is 0 Å². The van der Waals surface area contributed by atoms with Gasteiger partial charge in [0.05, 0.1) is 0 Å². The van der Waals surface area contributed by atoms with Crippen molar-refractivity contribution in [1.29, 1.82) is 0 Å². The SMILES string of the molecule is CCCCCCCCCCCCCCCC(=O)OC[C@H](CSCC(NC(=O)CCCCCCCCCCCCC)C(=O)N[C@H](CCC(N)=O)C(=O)N[C@@H](CCC(N)=O)C(=O)N[C@@H](CCC(=O)O)C(=O)O)OC(=O)CCCCCCCCCCCCCCC. The number of hydrogen-bond acceptors (Lipinski definition) is 13. The maximum absolute atomic E-state index is 14.4. The maximum Gasteiger partial charge on any atom is 0.326 e. The molecular weight excluding hydrogens is 1140 g/mol. The summed E-state index contributed by atoms with van der Waals surface area (Å²) in [5, 5.41) is 28.8. The Bertz CT molecular complexity index is 1900. The molecule has 0 aliphatic carbocycles. The number of amides is 6. The minimum absolute atomic E-state index is 0.0701. The van der Waals surface area contributed by atoms with E-state index in [2.05, 4.69) is 42.0 Å². The highest BCUT2D eigenvalue weighted by molar-refractivity contribution is 7.99. The first-order valence-corrected chi connectivity index (χ1v) is 35.7. The number of unbranched alkanes of at least 4 members (excludes halogenated alkanes) is 34. The van der Waals surface area contributed by atoms with Crippen molar-refractivity contribution in [1.82, 2.24) is 21.3 Å². The Hall–Kier alpha value is -4.95. The molecule has 20 nitrogen and oxygen atoms in total. The molecule has 5 atom stereocenters. The number of nitrogens with two attached hydrogens (primary N) is 2. The monoisotopic (exact) mass is 1270 g/mol. The number of ether oxygens (including phenoxy) is 2. The molecule has 510 valence electrons. The van der Waals surface area contributed by atoms with Crippen LogP contribution in [0, 0.1) is 0 Å². The molecule has 0 spiro atoms. The summed E-state index contributed by atoms with van der Waals surface area (Å²) in [5.74, 6) is -8.82. The highest BCUT2D eigenvalue weighted by Gasteiger charge is 2.32. The van der Waals surface area contributed by atoms with E-state index in [0.717, 1.165) is 82.4 Å². The Morgan fingerprint density at radius 2 is 0.682 bits per heavy atom. The zero-order valence-corrected chi connectivity index (χ0v) is 55.7. The Morgan fingerprint density at radius 1 is 0.364 bits per heavy atom. The Balaban J connectivity index is 6.28. The van der Waals surface area contributed by atoms with E-state index in [4.69, 9.17) is 26.0 Å². The van der Waals surface area contributed by atoms with Gasteiger partial charge in [0.25, 0.3) is 0 Å². The molecule has 0 aromatic heterocycles. The molecule has 0 aromatic carbocycles. The molecule has 0 radical (unpaired) electrons. The van der Waals surface area contributed by atoms with Gasteiger partial charge in [-0.3, -0.25) is 43.2 Å². The number of carboxylic acids is 2. The van der Waals surface area contributed by atoms with E-state index in [1.165, 1.54) is 148 Å². The van der Waals surface area contributed by atoms with Crippen molar-refractivity contribution in [3.8, 4) is 0 Å². The number of aliphatic carboxylic acids is 2. The van der Waals surface area contributed by atoms with Crippen LogP contribution in [0.5, 0.6) is 0 Å². The van der Waals surface area contributed by atoms with Gasteiger partial charge in [0.1, 0.15) is 36.9 Å². The molecule has 0 saturated carbocycles. The molecule has 0 aromatic rings. The first-order valence-electron chi connectivity index (χ1n) is 34.6. The third kappa shape index (κ3) is 51.9. The van der Waals surface area contributed by atoms with Crippen LogP contribution in [0.4, 0.5) is 0 Å². The van der Waals surface area contributed by atoms with Gasteiger partial charge in [0, 0.05) is 50.0 Å². The smallest absolute Gasteiger partial charge is 0.326 e. The number of nitrogens with one attached hydrogen (secondary N) is 4. The van der Waals surface area contributed by atoms with Gasteiger partial charge in [-0.2, -0.15) is 11.8 Å². The van der Waals surface area contributed by atoms with E-state index >= 15 is 0 Å². The van der Waals surface area contributed by atoms with Crippen LogP contribution >= 0.6 is 11.8 Å². The van der Waals surface area contributed by atoms with E-state index in [0.29, 0.717) is 19.3 Å². The lowest BCUT2D eigenvalue weighted by Crippen LogP contribution is -2.58. The largest absolute Gasteiger partial charge is 0.481 e. The number of esters is 2. The second kappa shape index (κ2) is 58.4. The Kier molecular flexibility index (Phi) is 55.1. The number of carbonyl (C=O) groups is 10. The van der Waals surface area contributed by atoms with Crippen molar-refractivity contribution in [2.45, 2.75) is 346 Å². The zero-order valence-electron chi connectivity index (χ0n) is 54.9. The van der Waals surface area contributed by atoms with Crippen molar-refractivity contribution < 1.29 is 67.6 Å². The van der Waals surface area contributed by atoms with Crippen LogP contribution in [-0.2, 0) is 57.4 Å². The standard InChI is InChI=1S/C67H122N6O14S/c1-4-7-10-13-16-19-22-24-27-30-33-36-39-42-62(79)86-50-53(87-63(80)43-40-37-34-31-28-25-23-20-17-14-11-8-5-2)51-88-52-57(70-60(76)41-38-35-32-29-26-21-18-15-12-9-6-3)66(83)72-54(44-47-58(68)74)64(81)71-55(45-48-59(69)75)65(82)73-56(67(84)85)46-49-61(77)78/h53-57H,4-52H2,1-3H3,(H2,68,74)(H2,69,75)(H,70,76)(H,71,81)(H,72,83)(H,73,82)(H,77,78)(H,84,85)/t53-,54-,55+,56+,57?/m1/s1. The van der Waals surface area contributed by atoms with Crippen molar-refractivity contribution >= 4 is 71.1 Å². The van der Waals surface area contributed by atoms with Crippen LogP contribution < -0.4 is 32.7 Å². The van der Waals surface area contributed by atoms with Crippen LogP contribution in [0.2, 0.25) is 0 Å². The lowest BCUT2D eigenvalue weighted by Gasteiger charge is -2.26. The molecule has 0 saturated heterocycles. The number of primary amides is 2. The number of hydrogen-bond donors (Lipinski definition) is 8. The number of rotatable bonds is 64. The molecular formula is C67H122N6O14S. The van der Waals surface area contributed by atoms with Crippen LogP contribution in [-0.4, -0.2) is 118 Å². The molecule has 0 aliphatic rings. The summed E-state index contributed by atoms with van der Waals surface area (Å²) in [6.07, 6.45) is 38.7. The van der Waals surface area contributed by atoms with Gasteiger partial charge in [-0.15, -0.1) is 0 Å². The Labute approximate surface area is 533 Å². The molecule has 0 fully saturated rings. The highest BCUT2D eigenvalue weighted by Crippen LogP contribution is 2.19. The summed E-state index contributed by atoms with van der Waals surface area (Å²) in [6.45, 7) is 6.43. The van der Waals surface area contributed by atoms with Crippen molar-refractivity contribution in [3.63, 3.8) is 0 Å². The van der Waals surface area contributed by atoms with Gasteiger partial charge in [0.15, 0.2) is 0 Å². The number of carboxylic acid groups (broad SMARTS) is 2. The van der Waals surface area contributed by atoms with Gasteiger partial charge >= 0.3 is 23.9 Å². The Morgan fingerprint density at radius 3 is 1.03 bits per heavy atom. The van der Waals surface area contributed by atoms with Crippen LogP contribution in [0.3, 0.4) is 0 Å². The van der Waals surface area contributed by atoms with Gasteiger partial charge in [0.2, 0.25) is 35.4 Å². The van der Waals surface area contributed by atoms with Crippen LogP contribution in [0.25, 0.3) is 0 Å². The number of thioether (sulfide) groups is 1. The molecule has 21 heteroatoms. The van der Waals surface area contributed by atoms with Gasteiger partial charge in [-0.05, 0) is 38.5 Å². The molecule has 10 N–H and O–H groups in total. The highest BCUT2D eigenvalue weighted by atomic mass is 32.2. The van der Waals surface area contributed by atoms with E-state index < -0.39 is 122 Å². The summed E-state index contributed by atoms with van der Waals surface area (Å²) >= 11 is 1.16. The zero-order chi connectivity index (χ0) is 65.3. The fourth-order valence-electron chi connectivity index (χ4n) is 10.4. The fourth-order valence-corrected chi connectivity index (χ4v) is 11.4. The van der Waals surface area contributed by atoms with Gasteiger partial charge < -0.3 is 52.4 Å². The van der Waals surface area contributed by atoms with Crippen LogP contribution in [0.1, 0.15) is 316 Å². The average Bonchev–Trinajstić information content (AvgIpc) is 3.69. The summed E-state index contributed by atoms with van der Waals surface area (Å²) < 4.78 is 11.6. The molecule has 0 aliphatic heterocycles. The van der Waals surface area contributed by atoms with Gasteiger partial charge in [-0.1, -0.05) is 239 Å². The van der Waals surface area contributed by atoms with Crippen molar-refractivity contribution in [3.05, 3.63) is 0 Å². The quantitative estimate of drug-likeness (QED) is 0.0207. The van der Waals surface area contributed by atoms with E-state index in [1.807, 2.05) is 0 Å². The first kappa shape index (κ1) is 83.1. The number of carbonyl (C=O) groups excluding carboxylic acids is 8. The average molecular weight is 1270 g/mol. The summed E-state index contributed by atoms with van der Waals surface area (Å²) in [4.78, 5) is 129. The predicted molar refractivity (Wildman–Crippen MR) is 349 cm³/mol. The van der Waals surface area contributed by atoms with E-state index in [1.54, 1.807) is 0 Å². The molecule has 0 rings (SSSR count). The summed E-state index contributed by atoms with van der Waals surface area (Å²) in [5.41, 5.74) is 10.8. The minimum atomic E-state index is -1.68. The van der Waals surface area contributed by atoms with E-state index in [-0.39, 0.29) is 43.8 Å². The molecule has 88 heavy (non-hydrogen) atoms. The molecule has 0 bridgehead atoms. The van der Waals surface area contributed by atoms with Crippen molar-refractivity contribution in [2.24, 2.45) is 11.5 Å². The second-order valence-corrected chi connectivity index (χ2v) is 25.3. The topological polar surface area (TPSA) is 330 Å². The second-order valence-electron chi connectivity index (χ2n) is 24.2. The molecule has 6 amide bonds. The van der Waals surface area contributed by atoms with E-state index in [9.17, 15) is 53.1 Å². The lowest BCUT2D eigenvalue weighted by molar-refractivity contribution is -0.157. The lowest BCUT2D eigenvalue weighted by atomic mass is 10.0. The predicted octanol–water partition coefficient (Wildman–Crippen LogP) is 12.3. The van der Waals surface area contributed by atoms with Crippen molar-refractivity contribution in [2.75, 3.05) is 18.1 Å². The third-order valence-corrected chi connectivity index (χ3v) is 17.0. The molecule has 0 heterocycles. The third-order valence-electron chi connectivity index (χ3n) is 15.8. The molecule has 1 unspecified atom stereocenters. The normalized spacial score (nSPS) is 12.9. The maximum atomic E-state index is 14.4. The fraction of sp³-hybridized carbons (Fsp3) is 0.851.